The lowest BCUT2D eigenvalue weighted by Crippen LogP contribution is -2.47. The van der Waals surface area contributed by atoms with Gasteiger partial charge >= 0.3 is 6.09 Å². The minimum atomic E-state index is -1.51. The van der Waals surface area contributed by atoms with E-state index in [4.69, 9.17) is 28.2 Å². The smallest absolute Gasteiger partial charge is 0.407 e. The van der Waals surface area contributed by atoms with Gasteiger partial charge in [-0.15, -0.1) is 0 Å². The Hall–Kier alpha value is -4.58. The number of aromatic nitrogens is 2. The summed E-state index contributed by atoms with van der Waals surface area (Å²) in [4.78, 5) is 49.5. The van der Waals surface area contributed by atoms with E-state index in [0.29, 0.717) is 30.6 Å². The number of hydrogen-bond acceptors (Lipinski definition) is 12. The maximum Gasteiger partial charge on any atom is 0.407 e. The van der Waals surface area contributed by atoms with Crippen LogP contribution in [-0.2, 0) is 13.0 Å². The van der Waals surface area contributed by atoms with Crippen LogP contribution >= 0.6 is 11.6 Å². The predicted octanol–water partition coefficient (Wildman–Crippen LogP) is 2.06. The number of amides is 3. The topological polar surface area (TPSA) is 261 Å². The second-order valence-corrected chi connectivity index (χ2v) is 14.0. The monoisotopic (exact) mass is 786 g/mol. The number of nitrogens with two attached hydrogens (primary N) is 2. The molecule has 17 heteroatoms. The lowest BCUT2D eigenvalue weighted by molar-refractivity contribution is -0.0840. The summed E-state index contributed by atoms with van der Waals surface area (Å²) in [6.45, 7) is 4.83. The lowest BCUT2D eigenvalue weighted by atomic mass is 9.95. The standard InChI is InChI=1S/C38H55ClN8O8/c1-3-4-5-8-16-46(22-29(49)32(51)30(50)23-48)17-15-42-36(52)27-13-11-25(12-14-27)20-47(38(54)55)21-26(18-28-10-7-6-9-24(28)2)19-43-37(53)31-34(40)45-35(41)33(39)44-31/h6-7,9-14,26,29-30,32,48-51H,3-5,8,15-23H2,1-2H3,(H,42,52)(H,43,53)(H,54,55)(H4,40,41,45)/t26-,29-,30+,32+/m1/s1. The summed E-state index contributed by atoms with van der Waals surface area (Å²) < 4.78 is 0. The number of hydrogen-bond donors (Lipinski definition) is 9. The van der Waals surface area contributed by atoms with Gasteiger partial charge in [0.2, 0.25) is 0 Å². The van der Waals surface area contributed by atoms with Crippen LogP contribution in [0.5, 0.6) is 0 Å². The van der Waals surface area contributed by atoms with Crippen LogP contribution in [-0.4, -0.2) is 127 Å². The van der Waals surface area contributed by atoms with Crippen molar-refractivity contribution in [1.82, 2.24) is 30.4 Å². The quantitative estimate of drug-likeness (QED) is 0.0625. The molecule has 2 aromatic carbocycles. The Morgan fingerprint density at radius 2 is 1.58 bits per heavy atom. The first-order valence-corrected chi connectivity index (χ1v) is 18.7. The second-order valence-electron chi connectivity index (χ2n) is 13.6. The summed E-state index contributed by atoms with van der Waals surface area (Å²) in [6.07, 6.45) is -1.02. The van der Waals surface area contributed by atoms with Gasteiger partial charge in [-0.25, -0.2) is 14.8 Å². The molecule has 0 spiro atoms. The molecule has 55 heavy (non-hydrogen) atoms. The molecule has 302 valence electrons. The molecule has 1 heterocycles. The number of anilines is 2. The maximum absolute atomic E-state index is 13.0. The number of nitrogens with one attached hydrogen (secondary N) is 2. The minimum absolute atomic E-state index is 0.0214. The van der Waals surface area contributed by atoms with Gasteiger partial charge in [0, 0.05) is 44.8 Å². The molecule has 3 amide bonds. The van der Waals surface area contributed by atoms with Gasteiger partial charge in [-0.1, -0.05) is 74.2 Å². The average molecular weight is 787 g/mol. The van der Waals surface area contributed by atoms with Gasteiger partial charge in [0.25, 0.3) is 11.8 Å². The van der Waals surface area contributed by atoms with Crippen molar-refractivity contribution in [1.29, 1.82) is 0 Å². The number of rotatable bonds is 23. The van der Waals surface area contributed by atoms with Crippen molar-refractivity contribution in [3.63, 3.8) is 0 Å². The lowest BCUT2D eigenvalue weighted by Gasteiger charge is -2.29. The Labute approximate surface area is 326 Å². The maximum atomic E-state index is 13.0. The largest absolute Gasteiger partial charge is 0.465 e. The van der Waals surface area contributed by atoms with Crippen LogP contribution in [0.2, 0.25) is 5.15 Å². The number of aliphatic hydroxyl groups is 4. The van der Waals surface area contributed by atoms with Crippen LogP contribution in [0.1, 0.15) is 70.1 Å². The number of benzene rings is 2. The molecule has 0 radical (unpaired) electrons. The molecule has 16 nitrogen and oxygen atoms in total. The van der Waals surface area contributed by atoms with Crippen molar-refractivity contribution >= 4 is 41.1 Å². The zero-order valence-corrected chi connectivity index (χ0v) is 32.2. The minimum Gasteiger partial charge on any atom is -0.465 e. The highest BCUT2D eigenvalue weighted by molar-refractivity contribution is 6.31. The Morgan fingerprint density at radius 1 is 0.873 bits per heavy atom. The van der Waals surface area contributed by atoms with E-state index in [2.05, 4.69) is 27.5 Å². The predicted molar refractivity (Wildman–Crippen MR) is 209 cm³/mol. The molecule has 0 bridgehead atoms. The average Bonchev–Trinajstić information content (AvgIpc) is 3.16. The molecule has 3 aromatic rings. The fourth-order valence-corrected chi connectivity index (χ4v) is 6.13. The molecule has 0 aliphatic rings. The van der Waals surface area contributed by atoms with E-state index in [0.717, 1.165) is 36.8 Å². The number of nitrogen functional groups attached to an aromatic ring is 2. The number of nitrogens with zero attached hydrogens (tertiary/aromatic N) is 4. The Morgan fingerprint density at radius 3 is 2.24 bits per heavy atom. The molecular weight excluding hydrogens is 732 g/mol. The molecular formula is C38H55ClN8O8. The van der Waals surface area contributed by atoms with Crippen LogP contribution in [0.15, 0.2) is 48.5 Å². The highest BCUT2D eigenvalue weighted by atomic mass is 35.5. The molecule has 0 aliphatic heterocycles. The van der Waals surface area contributed by atoms with E-state index in [9.17, 15) is 34.8 Å². The third-order valence-corrected chi connectivity index (χ3v) is 9.52. The van der Waals surface area contributed by atoms with E-state index >= 15 is 0 Å². The number of halogens is 1. The van der Waals surface area contributed by atoms with Gasteiger partial charge < -0.3 is 52.5 Å². The van der Waals surface area contributed by atoms with Crippen molar-refractivity contribution in [2.75, 3.05) is 57.3 Å². The third-order valence-electron chi connectivity index (χ3n) is 9.24. The van der Waals surface area contributed by atoms with Crippen LogP contribution < -0.4 is 22.1 Å². The molecule has 0 unspecified atom stereocenters. The first-order chi connectivity index (χ1) is 26.2. The number of aryl methyl sites for hydroxylation is 1. The van der Waals surface area contributed by atoms with Gasteiger partial charge in [0.05, 0.1) is 12.7 Å². The summed E-state index contributed by atoms with van der Waals surface area (Å²) in [5.41, 5.74) is 14.3. The molecule has 1 aromatic heterocycles. The summed E-state index contributed by atoms with van der Waals surface area (Å²) in [5, 5.41) is 55.1. The Bertz CT molecular complexity index is 1680. The van der Waals surface area contributed by atoms with Crippen molar-refractivity contribution < 1.29 is 39.9 Å². The van der Waals surface area contributed by atoms with Gasteiger partial charge in [0.1, 0.15) is 12.2 Å². The molecule has 3 rings (SSSR count). The second kappa shape index (κ2) is 22.7. The SMILES string of the molecule is CCCCCCN(CCNC(=O)c1ccc(CN(C[C@@H](CNC(=O)c2nc(Cl)c(N)nc2N)Cc2ccccc2C)C(=O)O)cc1)C[C@@H](O)[C@H](O)[C@@H](O)CO. The van der Waals surface area contributed by atoms with Gasteiger partial charge in [0.15, 0.2) is 22.5 Å². The molecule has 0 saturated heterocycles. The highest BCUT2D eigenvalue weighted by Gasteiger charge is 2.26. The Balaban J connectivity index is 1.64. The van der Waals surface area contributed by atoms with Crippen LogP contribution in [0, 0.1) is 12.8 Å². The van der Waals surface area contributed by atoms with E-state index in [1.807, 2.05) is 36.1 Å². The zero-order valence-electron chi connectivity index (χ0n) is 31.4. The van der Waals surface area contributed by atoms with Crippen LogP contribution in [0.3, 0.4) is 0 Å². The van der Waals surface area contributed by atoms with E-state index in [1.165, 1.54) is 4.90 Å². The van der Waals surface area contributed by atoms with E-state index in [-0.39, 0.29) is 67.0 Å². The van der Waals surface area contributed by atoms with Crippen molar-refractivity contribution in [2.24, 2.45) is 5.92 Å². The highest BCUT2D eigenvalue weighted by Crippen LogP contribution is 2.19. The molecule has 4 atom stereocenters. The molecule has 0 fully saturated rings. The fourth-order valence-electron chi connectivity index (χ4n) is 6.01. The Kier molecular flexibility index (Phi) is 18.5. The first-order valence-electron chi connectivity index (χ1n) is 18.4. The molecule has 0 saturated carbocycles. The zero-order chi connectivity index (χ0) is 40.5. The van der Waals surface area contributed by atoms with E-state index in [1.54, 1.807) is 24.3 Å². The van der Waals surface area contributed by atoms with Crippen molar-refractivity contribution in [3.05, 3.63) is 81.6 Å². The van der Waals surface area contributed by atoms with Crippen LogP contribution in [0.4, 0.5) is 16.4 Å². The number of carbonyl (C=O) groups excluding carboxylic acids is 2. The number of carbonyl (C=O) groups is 3. The summed E-state index contributed by atoms with van der Waals surface area (Å²) >= 11 is 5.96. The van der Waals surface area contributed by atoms with Crippen molar-refractivity contribution in [3.8, 4) is 0 Å². The first kappa shape index (κ1) is 44.8. The van der Waals surface area contributed by atoms with Crippen molar-refractivity contribution in [2.45, 2.75) is 70.8 Å². The number of carboxylic acid groups (broad SMARTS) is 1. The number of unbranched alkanes of at least 4 members (excludes halogenated alkanes) is 3. The van der Waals surface area contributed by atoms with Gasteiger partial charge in [-0.3, -0.25) is 14.5 Å². The van der Waals surface area contributed by atoms with Gasteiger partial charge in [-0.2, -0.15) is 0 Å². The van der Waals surface area contributed by atoms with Gasteiger partial charge in [-0.05, 0) is 61.1 Å². The third kappa shape index (κ3) is 14.5. The fraction of sp³-hybridized carbons (Fsp3) is 0.500. The summed E-state index contributed by atoms with van der Waals surface area (Å²) in [5.74, 6) is -1.63. The summed E-state index contributed by atoms with van der Waals surface area (Å²) in [6, 6.07) is 14.3. The molecule has 11 N–H and O–H groups in total. The normalized spacial score (nSPS) is 13.5. The summed E-state index contributed by atoms with van der Waals surface area (Å²) in [7, 11) is 0. The molecule has 0 aliphatic carbocycles. The number of aliphatic hydroxyl groups excluding tert-OH is 4. The van der Waals surface area contributed by atoms with Crippen LogP contribution in [0.25, 0.3) is 0 Å². The van der Waals surface area contributed by atoms with E-state index < -0.39 is 36.9 Å².